The van der Waals surface area contributed by atoms with Crippen molar-refractivity contribution in [2.75, 3.05) is 12.8 Å². The minimum atomic E-state index is -4.98. The first kappa shape index (κ1) is 25.3. The van der Waals surface area contributed by atoms with E-state index in [0.29, 0.717) is 6.42 Å². The van der Waals surface area contributed by atoms with Gasteiger partial charge in [-0.15, -0.1) is 0 Å². The number of alkyl halides is 3. The molecule has 0 bridgehead atoms. The molecule has 188 valence electrons. The number of carbonyl (C=O) groups is 2. The van der Waals surface area contributed by atoms with Crippen LogP contribution in [0.3, 0.4) is 0 Å². The number of halogens is 3. The SMILES string of the molecule is CCCn1c(=O)n([C@@H]2O[C@H](C(OC(C)=O)C(F)(F)F)C[C@H]2OC(C)=O)c2nc(N)nc(OC)c21. The highest BCUT2D eigenvalue weighted by molar-refractivity contribution is 5.78. The van der Waals surface area contributed by atoms with E-state index in [2.05, 4.69) is 14.7 Å². The van der Waals surface area contributed by atoms with E-state index in [9.17, 15) is 27.6 Å². The van der Waals surface area contributed by atoms with Crippen LogP contribution in [-0.2, 0) is 30.3 Å². The lowest BCUT2D eigenvalue weighted by atomic mass is 10.1. The normalized spacial score (nSPS) is 21.4. The summed E-state index contributed by atoms with van der Waals surface area (Å²) in [7, 11) is 1.30. The van der Waals surface area contributed by atoms with Crippen LogP contribution in [0.4, 0.5) is 19.1 Å². The highest BCUT2D eigenvalue weighted by Gasteiger charge is 2.54. The van der Waals surface area contributed by atoms with Crippen molar-refractivity contribution in [3.05, 3.63) is 10.5 Å². The molecule has 1 unspecified atom stereocenters. The summed E-state index contributed by atoms with van der Waals surface area (Å²) >= 11 is 0. The molecule has 1 aliphatic rings. The number of fused-ring (bicyclic) bond motifs is 1. The highest BCUT2D eigenvalue weighted by Crippen LogP contribution is 2.39. The van der Waals surface area contributed by atoms with Crippen molar-refractivity contribution < 1.29 is 41.7 Å². The van der Waals surface area contributed by atoms with Crippen LogP contribution >= 0.6 is 0 Å². The van der Waals surface area contributed by atoms with E-state index in [4.69, 9.17) is 19.9 Å². The predicted octanol–water partition coefficient (Wildman–Crippen LogP) is 1.31. The molecule has 12 nitrogen and oxygen atoms in total. The molecule has 2 N–H and O–H groups in total. The largest absolute Gasteiger partial charge is 0.479 e. The van der Waals surface area contributed by atoms with E-state index in [1.54, 1.807) is 6.92 Å². The Kier molecular flexibility index (Phi) is 7.05. The number of carbonyl (C=O) groups excluding carboxylic acids is 2. The molecule has 34 heavy (non-hydrogen) atoms. The maximum Gasteiger partial charge on any atom is 0.428 e. The molecule has 1 aliphatic heterocycles. The van der Waals surface area contributed by atoms with Gasteiger partial charge in [-0.3, -0.25) is 14.2 Å². The summed E-state index contributed by atoms with van der Waals surface area (Å²) in [6.45, 7) is 3.88. The first-order valence-corrected chi connectivity index (χ1v) is 10.3. The predicted molar refractivity (Wildman–Crippen MR) is 109 cm³/mol. The lowest BCUT2D eigenvalue weighted by Gasteiger charge is -2.25. The number of hydrogen-bond acceptors (Lipinski definition) is 10. The third kappa shape index (κ3) is 4.78. The molecule has 3 heterocycles. The molecule has 0 spiro atoms. The Morgan fingerprint density at radius 1 is 1.26 bits per heavy atom. The number of nitrogen functional groups attached to an aromatic ring is 1. The fourth-order valence-corrected chi connectivity index (χ4v) is 3.90. The zero-order valence-electron chi connectivity index (χ0n) is 18.8. The van der Waals surface area contributed by atoms with Gasteiger partial charge in [0.05, 0.1) is 7.11 Å². The Morgan fingerprint density at radius 3 is 2.47 bits per heavy atom. The van der Waals surface area contributed by atoms with E-state index in [0.717, 1.165) is 18.4 Å². The smallest absolute Gasteiger partial charge is 0.428 e. The molecule has 2 aromatic heterocycles. The van der Waals surface area contributed by atoms with Gasteiger partial charge in [-0.05, 0) is 6.42 Å². The molecule has 15 heteroatoms. The summed E-state index contributed by atoms with van der Waals surface area (Å²) in [5.74, 6) is -2.29. The first-order valence-electron chi connectivity index (χ1n) is 10.3. The summed E-state index contributed by atoms with van der Waals surface area (Å²) in [6, 6.07) is 0. The lowest BCUT2D eigenvalue weighted by molar-refractivity contribution is -0.248. The maximum atomic E-state index is 13.6. The van der Waals surface area contributed by atoms with Crippen LogP contribution < -0.4 is 16.2 Å². The third-order valence-electron chi connectivity index (χ3n) is 5.05. The minimum absolute atomic E-state index is 0.0292. The summed E-state index contributed by atoms with van der Waals surface area (Å²) in [5, 5.41) is 0. The number of nitrogens with two attached hydrogens (primary N) is 1. The molecule has 0 amide bonds. The van der Waals surface area contributed by atoms with Gasteiger partial charge in [-0.1, -0.05) is 6.92 Å². The molecular weight excluding hydrogens is 467 g/mol. The number of esters is 2. The molecule has 1 saturated heterocycles. The Balaban J connectivity index is 2.19. The zero-order chi connectivity index (χ0) is 25.4. The van der Waals surface area contributed by atoms with Gasteiger partial charge in [0.25, 0.3) is 0 Å². The molecule has 2 aromatic rings. The number of ether oxygens (including phenoxy) is 4. The Morgan fingerprint density at radius 2 is 1.94 bits per heavy atom. The first-order chi connectivity index (χ1) is 15.9. The van der Waals surface area contributed by atoms with Crippen molar-refractivity contribution in [2.24, 2.45) is 0 Å². The van der Waals surface area contributed by atoms with Gasteiger partial charge in [0.2, 0.25) is 17.9 Å². The van der Waals surface area contributed by atoms with Crippen LogP contribution in [0.15, 0.2) is 4.79 Å². The fraction of sp³-hybridized carbons (Fsp3) is 0.632. The molecule has 1 fully saturated rings. The number of aryl methyl sites for hydroxylation is 1. The quantitative estimate of drug-likeness (QED) is 0.562. The van der Waals surface area contributed by atoms with E-state index in [-0.39, 0.29) is 29.5 Å². The van der Waals surface area contributed by atoms with Crippen LogP contribution in [0.25, 0.3) is 11.2 Å². The third-order valence-corrected chi connectivity index (χ3v) is 5.05. The lowest BCUT2D eigenvalue weighted by Crippen LogP contribution is -2.43. The molecule has 0 radical (unpaired) electrons. The van der Waals surface area contributed by atoms with Crippen molar-refractivity contribution in [1.82, 2.24) is 19.1 Å². The summed E-state index contributed by atoms with van der Waals surface area (Å²) in [6.07, 6.45) is -12.3. The maximum absolute atomic E-state index is 13.6. The van der Waals surface area contributed by atoms with Crippen LogP contribution in [0, 0.1) is 0 Å². The summed E-state index contributed by atoms with van der Waals surface area (Å²) < 4.78 is 63.6. The zero-order valence-corrected chi connectivity index (χ0v) is 18.8. The van der Waals surface area contributed by atoms with Crippen LogP contribution in [0.1, 0.15) is 39.8 Å². The van der Waals surface area contributed by atoms with Gasteiger partial charge in [0.15, 0.2) is 17.4 Å². The number of hydrogen-bond donors (Lipinski definition) is 1. The fourth-order valence-electron chi connectivity index (χ4n) is 3.90. The summed E-state index contributed by atoms with van der Waals surface area (Å²) in [4.78, 5) is 44.4. The number of methoxy groups -OCH3 is 1. The number of nitrogens with zero attached hydrogens (tertiary/aromatic N) is 4. The van der Waals surface area contributed by atoms with Gasteiger partial charge >= 0.3 is 23.8 Å². The number of rotatable bonds is 7. The second kappa shape index (κ2) is 9.48. The van der Waals surface area contributed by atoms with E-state index >= 15 is 0 Å². The Hall–Kier alpha value is -3.36. The van der Waals surface area contributed by atoms with Crippen LogP contribution in [-0.4, -0.2) is 62.6 Å². The topological polar surface area (TPSA) is 150 Å². The van der Waals surface area contributed by atoms with Crippen molar-refractivity contribution in [1.29, 1.82) is 0 Å². The minimum Gasteiger partial charge on any atom is -0.479 e. The van der Waals surface area contributed by atoms with Crippen molar-refractivity contribution in [3.63, 3.8) is 0 Å². The monoisotopic (exact) mass is 491 g/mol. The van der Waals surface area contributed by atoms with Gasteiger partial charge in [0, 0.05) is 26.8 Å². The van der Waals surface area contributed by atoms with Crippen LogP contribution in [0.2, 0.25) is 0 Å². The number of imidazole rings is 1. The van der Waals surface area contributed by atoms with Crippen LogP contribution in [0.5, 0.6) is 5.88 Å². The van der Waals surface area contributed by atoms with Crippen molar-refractivity contribution in [2.45, 2.75) is 70.9 Å². The summed E-state index contributed by atoms with van der Waals surface area (Å²) in [5.41, 5.74) is 5.09. The average molecular weight is 491 g/mol. The molecule has 0 aliphatic carbocycles. The van der Waals surface area contributed by atoms with E-state index in [1.165, 1.54) is 11.7 Å². The Bertz CT molecular complexity index is 1150. The second-order valence-corrected chi connectivity index (χ2v) is 7.59. The Labute approximate surface area is 190 Å². The van der Waals surface area contributed by atoms with Gasteiger partial charge in [0.1, 0.15) is 12.2 Å². The molecule has 0 saturated carbocycles. The molecule has 4 atom stereocenters. The number of aromatic nitrogens is 4. The van der Waals surface area contributed by atoms with E-state index < -0.39 is 54.8 Å². The number of anilines is 1. The van der Waals surface area contributed by atoms with Gasteiger partial charge in [-0.2, -0.15) is 23.1 Å². The molecule has 0 aromatic carbocycles. The van der Waals surface area contributed by atoms with Crippen molar-refractivity contribution >= 4 is 29.1 Å². The van der Waals surface area contributed by atoms with Gasteiger partial charge in [-0.25, -0.2) is 9.36 Å². The molecular formula is C19H24F3N5O7. The standard InChI is InChI=1S/C19H24F3N5O7/c1-5-6-26-12-14(24-17(23)25-15(12)31-4)27(18(26)30)16-11(32-8(2)28)7-10(34-16)13(19(20,21)22)33-9(3)29/h10-11,13,16H,5-7H2,1-4H3,(H2,23,24,25)/t10-,11+,13?,16+/m0/s1. The van der Waals surface area contributed by atoms with Gasteiger partial charge < -0.3 is 24.7 Å². The van der Waals surface area contributed by atoms with Crippen molar-refractivity contribution in [3.8, 4) is 5.88 Å². The highest BCUT2D eigenvalue weighted by atomic mass is 19.4. The van der Waals surface area contributed by atoms with E-state index in [1.807, 2.05) is 0 Å². The average Bonchev–Trinajstić information content (AvgIpc) is 3.22. The second-order valence-electron chi connectivity index (χ2n) is 7.59. The molecule has 3 rings (SSSR count).